The third-order valence-corrected chi connectivity index (χ3v) is 4.45. The first-order valence-corrected chi connectivity index (χ1v) is 7.43. The van der Waals surface area contributed by atoms with E-state index in [-0.39, 0.29) is 0 Å². The van der Waals surface area contributed by atoms with Gasteiger partial charge in [0.05, 0.1) is 17.8 Å². The maximum Gasteiger partial charge on any atom is 0.296 e. The molecule has 0 atom stereocenters. The topological polar surface area (TPSA) is 73.2 Å². The minimum Gasteiger partial charge on any atom is -0.318 e. The molecule has 4 rings (SSSR count). The number of amides is 1. The van der Waals surface area contributed by atoms with Gasteiger partial charge in [-0.3, -0.25) is 9.59 Å². The predicted molar refractivity (Wildman–Crippen MR) is 84.6 cm³/mol. The van der Waals surface area contributed by atoms with Crippen molar-refractivity contribution < 1.29 is 9.59 Å². The zero-order chi connectivity index (χ0) is 16.0. The Labute approximate surface area is 133 Å². The summed E-state index contributed by atoms with van der Waals surface area (Å²) in [5.41, 5.74) is 4.97. The van der Waals surface area contributed by atoms with Crippen molar-refractivity contribution in [1.82, 2.24) is 4.90 Å². The van der Waals surface area contributed by atoms with Gasteiger partial charge in [0.2, 0.25) is 0 Å². The normalized spacial score (nSPS) is 15.7. The van der Waals surface area contributed by atoms with Gasteiger partial charge in [-0.2, -0.15) is 5.26 Å². The number of hydrogen-bond donors (Lipinski definition) is 1. The summed E-state index contributed by atoms with van der Waals surface area (Å²) in [6.07, 6.45) is 2.87. The molecule has 0 aliphatic carbocycles. The molecular formula is C18H13N3O2. The van der Waals surface area contributed by atoms with Crippen LogP contribution in [0.5, 0.6) is 0 Å². The van der Waals surface area contributed by atoms with Crippen LogP contribution in [0.25, 0.3) is 11.1 Å². The minimum absolute atomic E-state index is 0.410. The van der Waals surface area contributed by atoms with E-state index in [0.717, 1.165) is 22.3 Å². The average molecular weight is 303 g/mol. The number of carbonyl (C=O) groups excluding carboxylic acids is 2. The largest absolute Gasteiger partial charge is 0.318 e. The summed E-state index contributed by atoms with van der Waals surface area (Å²) in [7, 11) is 0. The van der Waals surface area contributed by atoms with Crippen LogP contribution in [0.3, 0.4) is 0 Å². The Bertz CT molecular complexity index is 881. The van der Waals surface area contributed by atoms with Crippen LogP contribution >= 0.6 is 0 Å². The minimum atomic E-state index is -0.596. The first kappa shape index (κ1) is 13.5. The van der Waals surface area contributed by atoms with Crippen molar-refractivity contribution in [3.05, 3.63) is 53.1 Å². The van der Waals surface area contributed by atoms with E-state index in [9.17, 15) is 14.9 Å². The standard InChI is InChI=1S/C18H13N3O2/c19-10-21-7-6-12-13(11-4-2-1-3-5-11)8-14-16(15(12)9-21)20-18(23)17(14)22/h1-5,8H,6-7,9H2,(H,20,22,23). The molecular weight excluding hydrogens is 290 g/mol. The number of nitriles is 1. The Kier molecular flexibility index (Phi) is 2.91. The van der Waals surface area contributed by atoms with Crippen molar-refractivity contribution in [2.24, 2.45) is 0 Å². The van der Waals surface area contributed by atoms with Gasteiger partial charge in [0, 0.05) is 12.1 Å². The van der Waals surface area contributed by atoms with Crippen molar-refractivity contribution in [2.45, 2.75) is 13.0 Å². The van der Waals surface area contributed by atoms with Gasteiger partial charge in [-0.15, -0.1) is 0 Å². The van der Waals surface area contributed by atoms with Crippen LogP contribution in [0.4, 0.5) is 5.69 Å². The number of anilines is 1. The molecule has 5 nitrogen and oxygen atoms in total. The highest BCUT2D eigenvalue weighted by Crippen LogP contribution is 2.39. The van der Waals surface area contributed by atoms with Gasteiger partial charge >= 0.3 is 0 Å². The monoisotopic (exact) mass is 303 g/mol. The lowest BCUT2D eigenvalue weighted by Crippen LogP contribution is -2.27. The Hall–Kier alpha value is -3.13. The van der Waals surface area contributed by atoms with E-state index in [4.69, 9.17) is 0 Å². The lowest BCUT2D eigenvalue weighted by atomic mass is 9.87. The molecule has 0 spiro atoms. The fourth-order valence-electron chi connectivity index (χ4n) is 3.33. The molecule has 2 aromatic rings. The van der Waals surface area contributed by atoms with Gasteiger partial charge in [-0.25, -0.2) is 0 Å². The van der Waals surface area contributed by atoms with Crippen LogP contribution in [0.2, 0.25) is 0 Å². The predicted octanol–water partition coefficient (Wildman–Crippen LogP) is 2.33. The Balaban J connectivity index is 1.98. The van der Waals surface area contributed by atoms with Crippen molar-refractivity contribution in [3.8, 4) is 17.3 Å². The van der Waals surface area contributed by atoms with E-state index in [1.165, 1.54) is 0 Å². The lowest BCUT2D eigenvalue weighted by Gasteiger charge is -2.28. The molecule has 0 saturated heterocycles. The molecule has 0 bridgehead atoms. The van der Waals surface area contributed by atoms with E-state index in [1.807, 2.05) is 36.4 Å². The summed E-state index contributed by atoms with van der Waals surface area (Å²) in [6, 6.07) is 11.6. The fraction of sp³-hybridized carbons (Fsp3) is 0.167. The molecule has 2 aromatic carbocycles. The smallest absolute Gasteiger partial charge is 0.296 e. The summed E-state index contributed by atoms with van der Waals surface area (Å²) in [4.78, 5) is 25.5. The number of fused-ring (bicyclic) bond motifs is 3. The highest BCUT2D eigenvalue weighted by molar-refractivity contribution is 6.52. The number of carbonyl (C=O) groups is 2. The third-order valence-electron chi connectivity index (χ3n) is 4.45. The van der Waals surface area contributed by atoms with Crippen LogP contribution < -0.4 is 5.32 Å². The quantitative estimate of drug-likeness (QED) is 0.648. The van der Waals surface area contributed by atoms with Crippen LogP contribution in [0, 0.1) is 11.5 Å². The summed E-state index contributed by atoms with van der Waals surface area (Å²) in [6.45, 7) is 1.06. The first-order chi connectivity index (χ1) is 11.2. The maximum absolute atomic E-state index is 12.1. The molecule has 1 N–H and O–H groups in total. The Morgan fingerprint density at radius 2 is 1.87 bits per heavy atom. The molecule has 2 aliphatic rings. The summed E-state index contributed by atoms with van der Waals surface area (Å²) >= 11 is 0. The average Bonchev–Trinajstić information content (AvgIpc) is 2.89. The van der Waals surface area contributed by atoms with E-state index < -0.39 is 11.7 Å². The molecule has 23 heavy (non-hydrogen) atoms. The van der Waals surface area contributed by atoms with E-state index >= 15 is 0 Å². The van der Waals surface area contributed by atoms with Crippen LogP contribution in [0.15, 0.2) is 36.4 Å². The zero-order valence-corrected chi connectivity index (χ0v) is 12.3. The number of rotatable bonds is 1. The van der Waals surface area contributed by atoms with Gasteiger partial charge in [-0.1, -0.05) is 30.3 Å². The maximum atomic E-state index is 12.1. The number of nitrogens with one attached hydrogen (secondary N) is 1. The van der Waals surface area contributed by atoms with Crippen molar-refractivity contribution >= 4 is 17.4 Å². The van der Waals surface area contributed by atoms with E-state index in [1.54, 1.807) is 4.90 Å². The molecule has 112 valence electrons. The van der Waals surface area contributed by atoms with Crippen LogP contribution in [-0.2, 0) is 17.8 Å². The second-order valence-electron chi connectivity index (χ2n) is 5.72. The number of ketones is 1. The molecule has 2 heterocycles. The van der Waals surface area contributed by atoms with E-state index in [2.05, 4.69) is 11.5 Å². The van der Waals surface area contributed by atoms with Gasteiger partial charge in [0.25, 0.3) is 11.7 Å². The van der Waals surface area contributed by atoms with Crippen LogP contribution in [0.1, 0.15) is 21.5 Å². The SMILES string of the molecule is N#CN1CCc2c(-c3ccccc3)cc3c(c2C1)NC(=O)C3=O. The Morgan fingerprint density at radius 3 is 2.61 bits per heavy atom. The first-order valence-electron chi connectivity index (χ1n) is 7.43. The van der Waals surface area contributed by atoms with Crippen molar-refractivity contribution in [2.75, 3.05) is 11.9 Å². The number of hydrogen-bond acceptors (Lipinski definition) is 4. The molecule has 1 amide bonds. The van der Waals surface area contributed by atoms with E-state index in [0.29, 0.717) is 30.8 Å². The molecule has 0 saturated carbocycles. The van der Waals surface area contributed by atoms with Gasteiger partial charge in [-0.05, 0) is 29.2 Å². The van der Waals surface area contributed by atoms with Crippen molar-refractivity contribution in [3.63, 3.8) is 0 Å². The van der Waals surface area contributed by atoms with Crippen LogP contribution in [-0.4, -0.2) is 23.1 Å². The lowest BCUT2D eigenvalue weighted by molar-refractivity contribution is -0.112. The van der Waals surface area contributed by atoms with Gasteiger partial charge in [0.1, 0.15) is 0 Å². The zero-order valence-electron chi connectivity index (χ0n) is 12.3. The second-order valence-corrected chi connectivity index (χ2v) is 5.72. The molecule has 5 heteroatoms. The number of nitrogens with zero attached hydrogens (tertiary/aromatic N) is 2. The second kappa shape index (κ2) is 4.96. The molecule has 0 aromatic heterocycles. The summed E-state index contributed by atoms with van der Waals surface area (Å²) in [5.74, 6) is -1.10. The highest BCUT2D eigenvalue weighted by atomic mass is 16.2. The number of benzene rings is 2. The summed E-state index contributed by atoms with van der Waals surface area (Å²) < 4.78 is 0. The molecule has 0 radical (unpaired) electrons. The summed E-state index contributed by atoms with van der Waals surface area (Å²) in [5, 5.41) is 11.9. The fourth-order valence-corrected chi connectivity index (χ4v) is 3.33. The van der Waals surface area contributed by atoms with Gasteiger partial charge in [0.15, 0.2) is 6.19 Å². The third kappa shape index (κ3) is 2.00. The molecule has 0 unspecified atom stereocenters. The Morgan fingerprint density at radius 1 is 1.09 bits per heavy atom. The van der Waals surface area contributed by atoms with Gasteiger partial charge < -0.3 is 10.2 Å². The molecule has 0 fully saturated rings. The highest BCUT2D eigenvalue weighted by Gasteiger charge is 2.34. The molecule has 2 aliphatic heterocycles. The van der Waals surface area contributed by atoms with Crippen molar-refractivity contribution in [1.29, 1.82) is 5.26 Å². The number of Topliss-reactive ketones (excluding diaryl/α,β-unsaturated/α-hetero) is 1.